The summed E-state index contributed by atoms with van der Waals surface area (Å²) in [6.45, 7) is 1.61. The van der Waals surface area contributed by atoms with Crippen molar-refractivity contribution in [1.29, 1.82) is 0 Å². The molecule has 2 aliphatic heterocycles. The first kappa shape index (κ1) is 36.3. The molecule has 3 N–H and O–H groups in total. The largest absolute Gasteiger partial charge is 0.493 e. The van der Waals surface area contributed by atoms with Gasteiger partial charge in [-0.15, -0.1) is 0 Å². The zero-order chi connectivity index (χ0) is 37.5. The summed E-state index contributed by atoms with van der Waals surface area (Å²) in [6, 6.07) is 10.7. The lowest BCUT2D eigenvalue weighted by Crippen LogP contribution is -2.74. The molecule has 4 aliphatic rings. The quantitative estimate of drug-likeness (QED) is 0.197. The number of carbonyl (C=O) groups is 6. The van der Waals surface area contributed by atoms with Crippen molar-refractivity contribution >= 4 is 35.8 Å². The molecule has 0 aromatic heterocycles. The molecule has 1 fully saturated rings. The van der Waals surface area contributed by atoms with Crippen LogP contribution in [-0.2, 0) is 59.6 Å². The second-order valence-corrected chi connectivity index (χ2v) is 13.2. The first-order valence-corrected chi connectivity index (χ1v) is 16.5. The van der Waals surface area contributed by atoms with E-state index in [2.05, 4.69) is 4.90 Å². The van der Waals surface area contributed by atoms with E-state index in [1.807, 2.05) is 13.1 Å². The van der Waals surface area contributed by atoms with Gasteiger partial charge in [-0.1, -0.05) is 36.4 Å². The molecule has 7 atom stereocenters. The molecule has 2 aromatic carbocycles. The molecule has 2 bridgehead atoms. The number of carboxylic acid groups (broad SMARTS) is 2. The average Bonchev–Trinajstić information content (AvgIpc) is 3.45. The summed E-state index contributed by atoms with van der Waals surface area (Å²) >= 11 is 0. The molecule has 2 aromatic rings. The zero-order valence-corrected chi connectivity index (χ0v) is 28.4. The molecule has 1 spiro atoms. The summed E-state index contributed by atoms with van der Waals surface area (Å²) in [6.07, 6.45) is -6.14. The predicted molar refractivity (Wildman–Crippen MR) is 173 cm³/mol. The third-order valence-corrected chi connectivity index (χ3v) is 10.2. The highest BCUT2D eigenvalue weighted by atomic mass is 16.6. The molecule has 52 heavy (non-hydrogen) atoms. The Morgan fingerprint density at radius 3 is 2.35 bits per heavy atom. The van der Waals surface area contributed by atoms with E-state index in [4.69, 9.17) is 33.5 Å². The van der Waals surface area contributed by atoms with Crippen LogP contribution in [0, 0.1) is 0 Å². The van der Waals surface area contributed by atoms with E-state index in [1.165, 1.54) is 31.4 Å². The average molecular weight is 724 g/mol. The number of rotatable bonds is 13. The van der Waals surface area contributed by atoms with E-state index in [0.717, 1.165) is 18.1 Å². The second-order valence-electron chi connectivity index (χ2n) is 13.2. The molecule has 2 heterocycles. The van der Waals surface area contributed by atoms with Gasteiger partial charge in [-0.25, -0.2) is 14.4 Å². The maximum atomic E-state index is 13.5. The Bertz CT molecular complexity index is 1840. The third kappa shape index (κ3) is 6.21. The molecule has 16 heteroatoms. The number of nitrogens with zero attached hydrogens (tertiary/aromatic N) is 1. The van der Waals surface area contributed by atoms with E-state index in [9.17, 15) is 39.0 Å². The molecule has 6 rings (SSSR count). The highest BCUT2D eigenvalue weighted by molar-refractivity contribution is 5.88. The van der Waals surface area contributed by atoms with Crippen LogP contribution in [0.3, 0.4) is 0 Å². The van der Waals surface area contributed by atoms with Crippen LogP contribution in [-0.4, -0.2) is 107 Å². The number of methoxy groups -OCH3 is 1. The van der Waals surface area contributed by atoms with Crippen molar-refractivity contribution in [3.63, 3.8) is 0 Å². The number of benzene rings is 2. The highest BCUT2D eigenvalue weighted by Crippen LogP contribution is 2.65. The molecule has 2 aliphatic carbocycles. The van der Waals surface area contributed by atoms with E-state index in [-0.39, 0.29) is 23.8 Å². The van der Waals surface area contributed by atoms with Crippen LogP contribution in [0.15, 0.2) is 54.3 Å². The van der Waals surface area contributed by atoms with Crippen molar-refractivity contribution in [2.24, 2.45) is 0 Å². The van der Waals surface area contributed by atoms with Crippen molar-refractivity contribution in [3.8, 4) is 11.5 Å². The number of aliphatic hydroxyl groups is 1. The number of likely N-dealkylation sites (tertiary alicyclic amines) is 1. The summed E-state index contributed by atoms with van der Waals surface area (Å²) in [5, 5.41) is 30.8. The van der Waals surface area contributed by atoms with Crippen LogP contribution >= 0.6 is 0 Å². The number of aliphatic carboxylic acids is 2. The Hall–Kier alpha value is -5.48. The van der Waals surface area contributed by atoms with Crippen LogP contribution in [0.2, 0.25) is 0 Å². The molecular formula is C36H37NO15. The minimum Gasteiger partial charge on any atom is -0.493 e. The Morgan fingerprint density at radius 2 is 1.69 bits per heavy atom. The highest BCUT2D eigenvalue weighted by Gasteiger charge is 2.72. The molecule has 1 saturated heterocycles. The SMILES string of the molecule is COc1ccc2c3c1O[C@@H]1C(OC(=O)C[C@H](OC(C)=O)C(=O)O[C@H](C(=O)O[C@@H](CC(=O)O)C(=O)O)c4ccccc4)=CC[C@]4(O)[C@H](C2)N(C)CC[C@@]314. The summed E-state index contributed by atoms with van der Waals surface area (Å²) < 4.78 is 33.2. The van der Waals surface area contributed by atoms with Gasteiger partial charge in [-0.05, 0) is 44.1 Å². The number of piperidine rings is 1. The number of carboxylic acids is 2. The molecule has 276 valence electrons. The van der Waals surface area contributed by atoms with Crippen molar-refractivity contribution in [2.75, 3.05) is 20.7 Å². The smallest absolute Gasteiger partial charge is 0.353 e. The minimum absolute atomic E-state index is 0.0141. The van der Waals surface area contributed by atoms with E-state index < -0.39 is 84.1 Å². The van der Waals surface area contributed by atoms with Gasteiger partial charge in [0.2, 0.25) is 18.3 Å². The molecule has 0 radical (unpaired) electrons. The first-order chi connectivity index (χ1) is 24.7. The zero-order valence-electron chi connectivity index (χ0n) is 28.4. The van der Waals surface area contributed by atoms with Crippen molar-refractivity contribution < 1.29 is 72.5 Å². The van der Waals surface area contributed by atoms with E-state index in [0.29, 0.717) is 30.9 Å². The number of ether oxygens (including phenoxy) is 6. The van der Waals surface area contributed by atoms with Gasteiger partial charge in [-0.2, -0.15) is 0 Å². The van der Waals surface area contributed by atoms with Gasteiger partial charge in [0.25, 0.3) is 0 Å². The van der Waals surface area contributed by atoms with Gasteiger partial charge in [0.1, 0.15) is 5.76 Å². The van der Waals surface area contributed by atoms with Crippen LogP contribution in [0.4, 0.5) is 0 Å². The van der Waals surface area contributed by atoms with Crippen LogP contribution in [0.1, 0.15) is 55.4 Å². The maximum Gasteiger partial charge on any atom is 0.353 e. The number of hydrogen-bond acceptors (Lipinski definition) is 14. The van der Waals surface area contributed by atoms with Gasteiger partial charge in [0.15, 0.2) is 17.6 Å². The van der Waals surface area contributed by atoms with Crippen molar-refractivity contribution in [3.05, 3.63) is 71.0 Å². The van der Waals surface area contributed by atoms with Gasteiger partial charge >= 0.3 is 35.8 Å². The lowest BCUT2D eigenvalue weighted by molar-refractivity contribution is -0.186. The normalized spacial score (nSPS) is 25.5. The van der Waals surface area contributed by atoms with Crippen LogP contribution < -0.4 is 9.47 Å². The molecule has 0 saturated carbocycles. The summed E-state index contributed by atoms with van der Waals surface area (Å²) in [4.78, 5) is 77.0. The second kappa shape index (κ2) is 13.9. The van der Waals surface area contributed by atoms with E-state index in [1.54, 1.807) is 18.2 Å². The van der Waals surface area contributed by atoms with Crippen molar-refractivity contribution in [2.45, 2.75) is 80.5 Å². The molecule has 0 unspecified atom stereocenters. The van der Waals surface area contributed by atoms with Gasteiger partial charge in [-0.3, -0.25) is 14.4 Å². The number of hydrogen-bond donors (Lipinski definition) is 3. The standard InChI is InChI=1S/C36H37NO15/c1-18(38)48-24(33(44)52-29(19-7-5-4-6-8-19)34(45)50-23(32(42)43)16-26(39)40)17-27(41)49-22-11-12-36(46)25-15-20-9-10-21(47-3)30-28(20)35(36,31(22)51-30)13-14-37(25)2/h4-11,23-25,29,31,46H,12-17H2,1-3H3,(H,39,40)(H,42,43)/t23-,24-,25-,29-,31+,35+,36-/m0/s1. The summed E-state index contributed by atoms with van der Waals surface area (Å²) in [5.41, 5.74) is -0.466. The Labute approximate surface area is 296 Å². The van der Waals surface area contributed by atoms with Gasteiger partial charge in [0, 0.05) is 30.5 Å². The van der Waals surface area contributed by atoms with Crippen LogP contribution in [0.25, 0.3) is 0 Å². The lowest BCUT2D eigenvalue weighted by atomic mass is 9.50. The summed E-state index contributed by atoms with van der Waals surface area (Å²) in [5.74, 6) is -7.14. The minimum atomic E-state index is -2.11. The molecule has 16 nitrogen and oxygen atoms in total. The Kier molecular flexibility index (Phi) is 9.72. The third-order valence-electron chi connectivity index (χ3n) is 10.2. The number of esters is 4. The monoisotopic (exact) mass is 723 g/mol. The predicted octanol–water partition coefficient (Wildman–Crippen LogP) is 1.59. The van der Waals surface area contributed by atoms with E-state index >= 15 is 0 Å². The van der Waals surface area contributed by atoms with Gasteiger partial charge in [0.05, 0.1) is 31.0 Å². The molecule has 0 amide bonds. The lowest BCUT2D eigenvalue weighted by Gasteiger charge is -2.61. The van der Waals surface area contributed by atoms with Gasteiger partial charge < -0.3 is 48.6 Å². The maximum absolute atomic E-state index is 13.5. The number of likely N-dealkylation sites (N-methyl/N-ethyl adjacent to an activating group) is 1. The Morgan fingerprint density at radius 1 is 0.962 bits per heavy atom. The summed E-state index contributed by atoms with van der Waals surface area (Å²) in [7, 11) is 3.45. The fourth-order valence-electron chi connectivity index (χ4n) is 7.90. The Balaban J connectivity index is 1.24. The molecular weight excluding hydrogens is 686 g/mol. The topological polar surface area (TPSA) is 222 Å². The number of carbonyl (C=O) groups excluding carboxylic acids is 4. The van der Waals surface area contributed by atoms with Crippen LogP contribution in [0.5, 0.6) is 11.5 Å². The van der Waals surface area contributed by atoms with Crippen molar-refractivity contribution in [1.82, 2.24) is 4.90 Å². The fourth-order valence-corrected chi connectivity index (χ4v) is 7.90. The first-order valence-electron chi connectivity index (χ1n) is 16.5. The fraction of sp³-hybridized carbons (Fsp3) is 0.444.